The Bertz CT molecular complexity index is 1310. The lowest BCUT2D eigenvalue weighted by Crippen LogP contribution is -2.06. The summed E-state index contributed by atoms with van der Waals surface area (Å²) in [4.78, 5) is 35.0. The van der Waals surface area contributed by atoms with Crippen LogP contribution in [0.25, 0.3) is 28.2 Å². The zero-order chi connectivity index (χ0) is 21.3. The van der Waals surface area contributed by atoms with E-state index in [-0.39, 0.29) is 11.3 Å². The number of carbonyl (C=O) groups is 2. The monoisotopic (exact) mass is 400 g/mol. The predicted molar refractivity (Wildman–Crippen MR) is 112 cm³/mol. The van der Waals surface area contributed by atoms with Gasteiger partial charge in [-0.25, -0.2) is 9.37 Å². The van der Waals surface area contributed by atoms with Crippen LogP contribution in [-0.4, -0.2) is 26.6 Å². The molecule has 3 aromatic heterocycles. The number of amides is 1. The van der Waals surface area contributed by atoms with Crippen molar-refractivity contribution in [2.75, 3.05) is 0 Å². The molecule has 0 radical (unpaired) electrons. The SMILES string of the molecule is Cc1ccc(C(=O)c2ccc(-c3cnc4[nH]cc(/C=C/C(N)=O)c4c3)cc2F)nc1. The van der Waals surface area contributed by atoms with Gasteiger partial charge in [-0.1, -0.05) is 12.1 Å². The lowest BCUT2D eigenvalue weighted by molar-refractivity contribution is -0.113. The summed E-state index contributed by atoms with van der Waals surface area (Å²) in [7, 11) is 0. The highest BCUT2D eigenvalue weighted by Crippen LogP contribution is 2.27. The van der Waals surface area contributed by atoms with E-state index in [9.17, 15) is 14.0 Å². The van der Waals surface area contributed by atoms with E-state index in [1.807, 2.05) is 13.0 Å². The number of H-pyrrole nitrogens is 1. The fourth-order valence-electron chi connectivity index (χ4n) is 3.11. The van der Waals surface area contributed by atoms with Gasteiger partial charge < -0.3 is 10.7 Å². The summed E-state index contributed by atoms with van der Waals surface area (Å²) in [5, 5.41) is 0.759. The Labute approximate surface area is 171 Å². The molecule has 0 aliphatic rings. The standard InChI is InChI=1S/C23H17FN4O2/c1-13-2-6-20(26-10-13)22(30)17-5-3-14(9-19(17)24)16-8-18-15(4-7-21(25)29)11-27-23(18)28-12-16/h2-12H,1H3,(H2,25,29)(H,27,28)/b7-4+. The Morgan fingerprint density at radius 3 is 2.60 bits per heavy atom. The summed E-state index contributed by atoms with van der Waals surface area (Å²) < 4.78 is 14.8. The Morgan fingerprint density at radius 2 is 1.90 bits per heavy atom. The predicted octanol–water partition coefficient (Wildman–Crippen LogP) is 3.80. The highest BCUT2D eigenvalue weighted by atomic mass is 19.1. The first-order valence-electron chi connectivity index (χ1n) is 9.14. The second-order valence-electron chi connectivity index (χ2n) is 6.84. The maximum atomic E-state index is 14.8. The van der Waals surface area contributed by atoms with Gasteiger partial charge in [0, 0.05) is 41.2 Å². The van der Waals surface area contributed by atoms with Crippen molar-refractivity contribution in [3.63, 3.8) is 0 Å². The highest BCUT2D eigenvalue weighted by molar-refractivity contribution is 6.08. The molecule has 0 aliphatic carbocycles. The molecule has 0 spiro atoms. The quantitative estimate of drug-likeness (QED) is 0.393. The number of ketones is 1. The fraction of sp³-hybridized carbons (Fsp3) is 0.0435. The number of fused-ring (bicyclic) bond motifs is 1. The average Bonchev–Trinajstić information content (AvgIpc) is 3.14. The maximum Gasteiger partial charge on any atom is 0.241 e. The molecular formula is C23H17FN4O2. The number of carbonyl (C=O) groups excluding carboxylic acids is 2. The Hall–Kier alpha value is -4.13. The van der Waals surface area contributed by atoms with Crippen LogP contribution in [0.4, 0.5) is 4.39 Å². The summed E-state index contributed by atoms with van der Waals surface area (Å²) in [6, 6.07) is 9.58. The molecule has 0 fully saturated rings. The number of nitrogens with two attached hydrogens (primary N) is 1. The minimum atomic E-state index is -0.636. The van der Waals surface area contributed by atoms with E-state index in [0.29, 0.717) is 16.8 Å². The van der Waals surface area contributed by atoms with E-state index in [2.05, 4.69) is 15.0 Å². The molecule has 0 bridgehead atoms. The molecule has 0 unspecified atom stereocenters. The summed E-state index contributed by atoms with van der Waals surface area (Å²) in [5.74, 6) is -1.67. The molecule has 7 heteroatoms. The molecule has 3 N–H and O–H groups in total. The minimum Gasteiger partial charge on any atom is -0.366 e. The van der Waals surface area contributed by atoms with Crippen molar-refractivity contribution in [1.29, 1.82) is 0 Å². The number of halogens is 1. The maximum absolute atomic E-state index is 14.8. The number of nitrogens with zero attached hydrogens (tertiary/aromatic N) is 2. The molecule has 4 rings (SSSR count). The number of hydrogen-bond acceptors (Lipinski definition) is 4. The van der Waals surface area contributed by atoms with Crippen molar-refractivity contribution in [1.82, 2.24) is 15.0 Å². The number of aromatic amines is 1. The molecule has 6 nitrogen and oxygen atoms in total. The largest absolute Gasteiger partial charge is 0.366 e. The molecule has 0 aliphatic heterocycles. The van der Waals surface area contributed by atoms with Gasteiger partial charge in [0.05, 0.1) is 5.56 Å². The zero-order valence-corrected chi connectivity index (χ0v) is 16.0. The topological polar surface area (TPSA) is 102 Å². The van der Waals surface area contributed by atoms with E-state index < -0.39 is 17.5 Å². The van der Waals surface area contributed by atoms with Crippen LogP contribution in [0, 0.1) is 12.7 Å². The summed E-state index contributed by atoms with van der Waals surface area (Å²) in [5.41, 5.74) is 8.81. The highest BCUT2D eigenvalue weighted by Gasteiger charge is 2.16. The van der Waals surface area contributed by atoms with Gasteiger partial charge in [-0.3, -0.25) is 14.6 Å². The van der Waals surface area contributed by atoms with E-state index in [1.54, 1.807) is 42.9 Å². The van der Waals surface area contributed by atoms with Crippen LogP contribution in [0.5, 0.6) is 0 Å². The van der Waals surface area contributed by atoms with Crippen LogP contribution in [0.15, 0.2) is 61.1 Å². The van der Waals surface area contributed by atoms with E-state index in [4.69, 9.17) is 5.73 Å². The first-order valence-corrected chi connectivity index (χ1v) is 9.14. The van der Waals surface area contributed by atoms with Crippen molar-refractivity contribution >= 4 is 28.8 Å². The van der Waals surface area contributed by atoms with E-state index in [1.165, 1.54) is 18.2 Å². The van der Waals surface area contributed by atoms with Crippen molar-refractivity contribution in [2.45, 2.75) is 6.92 Å². The second-order valence-corrected chi connectivity index (χ2v) is 6.84. The van der Waals surface area contributed by atoms with Crippen molar-refractivity contribution in [3.05, 3.63) is 89.3 Å². The number of primary amides is 1. The van der Waals surface area contributed by atoms with Crippen LogP contribution >= 0.6 is 0 Å². The molecule has 0 saturated carbocycles. The van der Waals surface area contributed by atoms with Gasteiger partial charge in [-0.2, -0.15) is 0 Å². The third-order valence-electron chi connectivity index (χ3n) is 4.68. The molecular weight excluding hydrogens is 383 g/mol. The number of aromatic nitrogens is 3. The van der Waals surface area contributed by atoms with Gasteiger partial charge >= 0.3 is 0 Å². The Morgan fingerprint density at radius 1 is 1.07 bits per heavy atom. The van der Waals surface area contributed by atoms with Crippen molar-refractivity contribution < 1.29 is 14.0 Å². The molecule has 1 aromatic carbocycles. The van der Waals surface area contributed by atoms with Crippen LogP contribution in [0.3, 0.4) is 0 Å². The number of nitrogens with one attached hydrogen (secondary N) is 1. The van der Waals surface area contributed by atoms with Gasteiger partial charge in [0.15, 0.2) is 0 Å². The molecule has 30 heavy (non-hydrogen) atoms. The number of rotatable bonds is 5. The molecule has 148 valence electrons. The van der Waals surface area contributed by atoms with Crippen molar-refractivity contribution in [2.24, 2.45) is 5.73 Å². The van der Waals surface area contributed by atoms with Gasteiger partial charge in [-0.15, -0.1) is 0 Å². The normalized spacial score (nSPS) is 11.3. The van der Waals surface area contributed by atoms with Crippen LogP contribution < -0.4 is 5.73 Å². The zero-order valence-electron chi connectivity index (χ0n) is 16.0. The van der Waals surface area contributed by atoms with Gasteiger partial charge in [0.25, 0.3) is 0 Å². The summed E-state index contributed by atoms with van der Waals surface area (Å²) in [6.07, 6.45) is 7.73. The number of benzene rings is 1. The molecule has 0 saturated heterocycles. The van der Waals surface area contributed by atoms with E-state index in [0.717, 1.165) is 16.5 Å². The third-order valence-corrected chi connectivity index (χ3v) is 4.68. The molecule has 1 amide bonds. The first kappa shape index (κ1) is 19.2. The van der Waals surface area contributed by atoms with E-state index >= 15 is 0 Å². The number of aryl methyl sites for hydroxylation is 1. The Kier molecular flexibility index (Phi) is 4.93. The van der Waals surface area contributed by atoms with Gasteiger partial charge in [0.1, 0.15) is 17.2 Å². The lowest BCUT2D eigenvalue weighted by Gasteiger charge is -2.06. The first-order chi connectivity index (χ1) is 14.4. The molecule has 3 heterocycles. The smallest absolute Gasteiger partial charge is 0.241 e. The second kappa shape index (κ2) is 7.71. The van der Waals surface area contributed by atoms with Gasteiger partial charge in [-0.05, 0) is 48.4 Å². The fourth-order valence-corrected chi connectivity index (χ4v) is 3.11. The minimum absolute atomic E-state index is 0.0455. The summed E-state index contributed by atoms with van der Waals surface area (Å²) >= 11 is 0. The summed E-state index contributed by atoms with van der Waals surface area (Å²) in [6.45, 7) is 1.86. The molecule has 4 aromatic rings. The lowest BCUT2D eigenvalue weighted by atomic mass is 10.0. The molecule has 0 atom stereocenters. The third kappa shape index (κ3) is 3.73. The average molecular weight is 400 g/mol. The van der Waals surface area contributed by atoms with Crippen molar-refractivity contribution in [3.8, 4) is 11.1 Å². The number of pyridine rings is 2. The number of hydrogen-bond donors (Lipinski definition) is 2. The van der Waals surface area contributed by atoms with Crippen LogP contribution in [-0.2, 0) is 4.79 Å². The van der Waals surface area contributed by atoms with Crippen LogP contribution in [0.2, 0.25) is 0 Å². The Balaban J connectivity index is 1.69. The van der Waals surface area contributed by atoms with Crippen LogP contribution in [0.1, 0.15) is 27.2 Å². The van der Waals surface area contributed by atoms with Gasteiger partial charge in [0.2, 0.25) is 11.7 Å².